The van der Waals surface area contributed by atoms with Gasteiger partial charge in [-0.25, -0.2) is 17.8 Å². The van der Waals surface area contributed by atoms with Crippen LogP contribution in [0.5, 0.6) is 0 Å². The van der Waals surface area contributed by atoms with Crippen LogP contribution < -0.4 is 5.32 Å². The van der Waals surface area contributed by atoms with Gasteiger partial charge in [0, 0.05) is 40.7 Å². The Hall–Kier alpha value is -5.75. The highest BCUT2D eigenvalue weighted by Gasteiger charge is 2.17. The minimum Gasteiger partial charge on any atom is -0.352 e. The highest BCUT2D eigenvalue weighted by Crippen LogP contribution is 2.34. The molecular formula is C34H26FN7O3S. The summed E-state index contributed by atoms with van der Waals surface area (Å²) in [5.41, 5.74) is 7.59. The summed E-state index contributed by atoms with van der Waals surface area (Å²) in [7, 11) is -3.20. The summed E-state index contributed by atoms with van der Waals surface area (Å²) in [6, 6.07) is 20.9. The van der Waals surface area contributed by atoms with Crippen molar-refractivity contribution in [3.63, 3.8) is 0 Å². The van der Waals surface area contributed by atoms with E-state index in [1.807, 2.05) is 30.3 Å². The van der Waals surface area contributed by atoms with Crippen LogP contribution in [0.4, 0.5) is 10.1 Å². The zero-order valence-electron chi connectivity index (χ0n) is 24.5. The van der Waals surface area contributed by atoms with E-state index in [0.717, 1.165) is 17.2 Å². The summed E-state index contributed by atoms with van der Waals surface area (Å²) < 4.78 is 38.0. The second-order valence-electron chi connectivity index (χ2n) is 11.0. The molecule has 0 unspecified atom stereocenters. The summed E-state index contributed by atoms with van der Waals surface area (Å²) in [6.07, 6.45) is 7.96. The van der Waals surface area contributed by atoms with Gasteiger partial charge < -0.3 is 10.3 Å². The fourth-order valence-corrected chi connectivity index (χ4v) is 5.96. The molecule has 10 nitrogen and oxygen atoms in total. The number of hydrogen-bond acceptors (Lipinski definition) is 7. The number of aromatic amines is 2. The SMILES string of the molecule is CS(=O)(=O)CCc1cc(F)cc(-c2cncc3[nH]c(-c4n[nH]c5ccc(-c6cncc(NC(=O)c7ccccc7)c6)nc45)cc23)c1. The van der Waals surface area contributed by atoms with Crippen LogP contribution >= 0.6 is 0 Å². The van der Waals surface area contributed by atoms with Gasteiger partial charge in [0.2, 0.25) is 0 Å². The van der Waals surface area contributed by atoms with E-state index in [9.17, 15) is 17.6 Å². The van der Waals surface area contributed by atoms with Crippen molar-refractivity contribution in [2.45, 2.75) is 6.42 Å². The number of carbonyl (C=O) groups excluding carboxylic acids is 1. The van der Waals surface area contributed by atoms with Crippen molar-refractivity contribution >= 4 is 43.4 Å². The molecule has 12 heteroatoms. The van der Waals surface area contributed by atoms with Gasteiger partial charge in [-0.1, -0.05) is 24.3 Å². The molecule has 0 aliphatic rings. The third-order valence-electron chi connectivity index (χ3n) is 7.57. The zero-order chi connectivity index (χ0) is 31.8. The van der Waals surface area contributed by atoms with E-state index < -0.39 is 15.7 Å². The normalized spacial score (nSPS) is 11.7. The van der Waals surface area contributed by atoms with Crippen molar-refractivity contribution in [2.24, 2.45) is 0 Å². The van der Waals surface area contributed by atoms with E-state index in [4.69, 9.17) is 4.98 Å². The molecule has 0 atom stereocenters. The van der Waals surface area contributed by atoms with Gasteiger partial charge in [0.25, 0.3) is 5.91 Å². The molecule has 0 aliphatic carbocycles. The lowest BCUT2D eigenvalue weighted by atomic mass is 10.0. The minimum absolute atomic E-state index is 0.0729. The molecule has 5 aromatic heterocycles. The number of amides is 1. The lowest BCUT2D eigenvalue weighted by Crippen LogP contribution is -2.11. The Balaban J connectivity index is 1.22. The average Bonchev–Trinajstić information content (AvgIpc) is 3.68. The number of sulfone groups is 1. The van der Waals surface area contributed by atoms with Crippen LogP contribution in [0.2, 0.25) is 0 Å². The maximum absolute atomic E-state index is 14.7. The first kappa shape index (κ1) is 29.0. The predicted molar refractivity (Wildman–Crippen MR) is 175 cm³/mol. The number of fused-ring (bicyclic) bond motifs is 2. The first-order valence-corrected chi connectivity index (χ1v) is 16.4. The maximum atomic E-state index is 14.7. The number of nitrogens with one attached hydrogen (secondary N) is 3. The van der Waals surface area contributed by atoms with Crippen molar-refractivity contribution < 1.29 is 17.6 Å². The minimum atomic E-state index is -3.20. The number of anilines is 1. The van der Waals surface area contributed by atoms with Crippen LogP contribution in [0.15, 0.2) is 97.6 Å². The molecule has 0 saturated heterocycles. The molecule has 0 spiro atoms. The number of hydrogen-bond donors (Lipinski definition) is 3. The quantitative estimate of drug-likeness (QED) is 0.181. The van der Waals surface area contributed by atoms with Gasteiger partial charge in [0.15, 0.2) is 0 Å². The molecule has 7 aromatic rings. The van der Waals surface area contributed by atoms with Crippen LogP contribution in [0.25, 0.3) is 55.7 Å². The van der Waals surface area contributed by atoms with E-state index in [0.29, 0.717) is 61.6 Å². The number of aromatic nitrogens is 6. The largest absolute Gasteiger partial charge is 0.352 e. The molecule has 7 rings (SSSR count). The number of aryl methyl sites for hydroxylation is 1. The molecule has 1 amide bonds. The van der Waals surface area contributed by atoms with Crippen molar-refractivity contribution in [3.05, 3.63) is 115 Å². The highest BCUT2D eigenvalue weighted by atomic mass is 32.2. The van der Waals surface area contributed by atoms with Gasteiger partial charge in [-0.15, -0.1) is 0 Å². The Morgan fingerprint density at radius 2 is 1.72 bits per heavy atom. The molecule has 0 radical (unpaired) electrons. The van der Waals surface area contributed by atoms with Gasteiger partial charge >= 0.3 is 0 Å². The fourth-order valence-electron chi connectivity index (χ4n) is 5.35. The smallest absolute Gasteiger partial charge is 0.255 e. The number of pyridine rings is 3. The molecule has 3 N–H and O–H groups in total. The number of nitrogens with zero attached hydrogens (tertiary/aromatic N) is 4. The Kier molecular flexibility index (Phi) is 7.33. The van der Waals surface area contributed by atoms with Crippen LogP contribution in [0.1, 0.15) is 15.9 Å². The topological polar surface area (TPSA) is 146 Å². The molecule has 0 bridgehead atoms. The van der Waals surface area contributed by atoms with E-state index in [1.54, 1.807) is 55.1 Å². The van der Waals surface area contributed by atoms with Gasteiger partial charge in [-0.3, -0.25) is 19.9 Å². The van der Waals surface area contributed by atoms with Crippen LogP contribution in [0.3, 0.4) is 0 Å². The van der Waals surface area contributed by atoms with Crippen LogP contribution in [0, 0.1) is 5.82 Å². The lowest BCUT2D eigenvalue weighted by Gasteiger charge is -2.07. The molecular weight excluding hydrogens is 605 g/mol. The number of carbonyl (C=O) groups is 1. The second-order valence-corrected chi connectivity index (χ2v) is 13.3. The van der Waals surface area contributed by atoms with E-state index in [2.05, 4.69) is 30.5 Å². The van der Waals surface area contributed by atoms with Gasteiger partial charge in [-0.05, 0) is 66.1 Å². The molecule has 228 valence electrons. The molecule has 0 aliphatic heterocycles. The Morgan fingerprint density at radius 3 is 2.54 bits per heavy atom. The molecule has 2 aromatic carbocycles. The first-order valence-electron chi connectivity index (χ1n) is 14.3. The highest BCUT2D eigenvalue weighted by molar-refractivity contribution is 7.90. The van der Waals surface area contributed by atoms with E-state index in [-0.39, 0.29) is 18.1 Å². The van der Waals surface area contributed by atoms with Crippen molar-refractivity contribution in [1.29, 1.82) is 0 Å². The summed E-state index contributed by atoms with van der Waals surface area (Å²) >= 11 is 0. The Bertz CT molecular complexity index is 2370. The molecule has 5 heterocycles. The second kappa shape index (κ2) is 11.6. The van der Waals surface area contributed by atoms with Crippen LogP contribution in [-0.2, 0) is 16.3 Å². The molecule has 0 saturated carbocycles. The third kappa shape index (κ3) is 5.97. The number of rotatable bonds is 8. The summed E-state index contributed by atoms with van der Waals surface area (Å²) in [5.74, 6) is -0.769. The van der Waals surface area contributed by atoms with E-state index >= 15 is 0 Å². The van der Waals surface area contributed by atoms with E-state index in [1.165, 1.54) is 12.1 Å². The van der Waals surface area contributed by atoms with Gasteiger partial charge in [0.05, 0.1) is 46.3 Å². The number of H-pyrrole nitrogens is 2. The molecule has 0 fully saturated rings. The summed E-state index contributed by atoms with van der Waals surface area (Å²) in [6.45, 7) is 0. The Labute approximate surface area is 262 Å². The third-order valence-corrected chi connectivity index (χ3v) is 8.51. The number of benzene rings is 2. The molecule has 46 heavy (non-hydrogen) atoms. The standard InChI is InChI=1S/C34H26FN7O3S/c1-46(44,45)10-9-20-11-22(13-24(35)12-20)27-18-37-19-31-26(27)15-30(39-31)33-32-29(41-42-33)8-7-28(40-32)23-14-25(17-36-16-23)38-34(43)21-5-3-2-4-6-21/h2-8,11-19,39H,9-10H2,1H3,(H,38,43)(H,41,42). The summed E-state index contributed by atoms with van der Waals surface area (Å²) in [5, 5.41) is 11.2. The summed E-state index contributed by atoms with van der Waals surface area (Å²) in [4.78, 5) is 29.6. The maximum Gasteiger partial charge on any atom is 0.255 e. The zero-order valence-corrected chi connectivity index (χ0v) is 25.3. The number of halogens is 1. The van der Waals surface area contributed by atoms with Crippen molar-refractivity contribution in [1.82, 2.24) is 30.1 Å². The fraction of sp³-hybridized carbons (Fsp3) is 0.0882. The lowest BCUT2D eigenvalue weighted by molar-refractivity contribution is 0.102. The average molecular weight is 632 g/mol. The first-order chi connectivity index (χ1) is 22.2. The van der Waals surface area contributed by atoms with Crippen LogP contribution in [-0.4, -0.2) is 56.5 Å². The van der Waals surface area contributed by atoms with Crippen molar-refractivity contribution in [3.8, 4) is 33.8 Å². The Morgan fingerprint density at radius 1 is 0.891 bits per heavy atom. The van der Waals surface area contributed by atoms with Gasteiger partial charge in [0.1, 0.15) is 26.9 Å². The van der Waals surface area contributed by atoms with Gasteiger partial charge in [-0.2, -0.15) is 5.10 Å². The predicted octanol–water partition coefficient (Wildman–Crippen LogP) is 6.21. The van der Waals surface area contributed by atoms with Crippen molar-refractivity contribution in [2.75, 3.05) is 17.3 Å². The monoisotopic (exact) mass is 631 g/mol.